The number of amides is 2. The maximum Gasteiger partial charge on any atom is 0.262 e. The van der Waals surface area contributed by atoms with Crippen LogP contribution in [-0.2, 0) is 16.1 Å². The second kappa shape index (κ2) is 9.49. The predicted molar refractivity (Wildman–Crippen MR) is 122 cm³/mol. The molecule has 0 aliphatic carbocycles. The summed E-state index contributed by atoms with van der Waals surface area (Å²) in [5.74, 6) is -0.116. The minimum Gasteiger partial charge on any atom is -0.495 e. The molecule has 3 aromatic rings. The first-order valence-corrected chi connectivity index (χ1v) is 11.1. The molecule has 2 amide bonds. The minimum absolute atomic E-state index is 0.0331. The summed E-state index contributed by atoms with van der Waals surface area (Å²) >= 11 is 1.17. The van der Waals surface area contributed by atoms with Crippen molar-refractivity contribution in [2.45, 2.75) is 32.4 Å². The molecule has 0 unspecified atom stereocenters. The molecule has 2 aromatic heterocycles. The number of benzene rings is 1. The molecular weight excluding hydrogens is 432 g/mol. The van der Waals surface area contributed by atoms with Crippen molar-refractivity contribution in [1.82, 2.24) is 14.9 Å². The fourth-order valence-electron chi connectivity index (χ4n) is 3.67. The highest BCUT2D eigenvalue weighted by Crippen LogP contribution is 2.27. The fourth-order valence-corrected chi connectivity index (χ4v) is 4.73. The van der Waals surface area contributed by atoms with Crippen molar-refractivity contribution in [2.75, 3.05) is 25.6 Å². The van der Waals surface area contributed by atoms with Crippen LogP contribution in [0.5, 0.6) is 5.75 Å². The number of nitrogens with zero attached hydrogens (tertiary/aromatic N) is 2. The summed E-state index contributed by atoms with van der Waals surface area (Å²) in [7, 11) is 1.52. The maximum atomic E-state index is 13.0. The van der Waals surface area contributed by atoms with Crippen LogP contribution in [0.4, 0.5) is 5.69 Å². The highest BCUT2D eigenvalue weighted by molar-refractivity contribution is 7.20. The number of carbonyl (C=O) groups excluding carboxylic acids is 2. The summed E-state index contributed by atoms with van der Waals surface area (Å²) < 4.78 is 12.0. The largest absolute Gasteiger partial charge is 0.495 e. The van der Waals surface area contributed by atoms with Crippen molar-refractivity contribution in [1.29, 1.82) is 0 Å². The quantitative estimate of drug-likeness (QED) is 0.564. The number of rotatable bonds is 7. The van der Waals surface area contributed by atoms with Gasteiger partial charge in [0.25, 0.3) is 11.5 Å². The van der Waals surface area contributed by atoms with Crippen molar-refractivity contribution in [3.05, 3.63) is 51.4 Å². The second-order valence-electron chi connectivity index (χ2n) is 7.51. The van der Waals surface area contributed by atoms with Crippen LogP contribution in [-0.4, -0.2) is 47.7 Å². The van der Waals surface area contributed by atoms with Crippen LogP contribution in [0.1, 0.15) is 28.1 Å². The zero-order chi connectivity index (χ0) is 22.7. The van der Waals surface area contributed by atoms with E-state index in [4.69, 9.17) is 9.47 Å². The Bertz CT molecular complexity index is 1210. The van der Waals surface area contributed by atoms with E-state index >= 15 is 0 Å². The van der Waals surface area contributed by atoms with Gasteiger partial charge in [-0.1, -0.05) is 12.1 Å². The predicted octanol–water partition coefficient (Wildman–Crippen LogP) is 2.32. The summed E-state index contributed by atoms with van der Waals surface area (Å²) in [6.45, 7) is 2.67. The highest BCUT2D eigenvalue weighted by Gasteiger charge is 2.22. The highest BCUT2D eigenvalue weighted by atomic mass is 32.1. The van der Waals surface area contributed by atoms with Gasteiger partial charge < -0.3 is 20.1 Å². The molecule has 1 aliphatic heterocycles. The van der Waals surface area contributed by atoms with Crippen LogP contribution in [0.25, 0.3) is 10.2 Å². The number of ether oxygens (including phenoxy) is 2. The number of nitrogens with one attached hydrogen (secondary N) is 2. The monoisotopic (exact) mass is 456 g/mol. The molecule has 0 saturated carbocycles. The Balaban J connectivity index is 1.52. The Morgan fingerprint density at radius 3 is 2.91 bits per heavy atom. The van der Waals surface area contributed by atoms with Gasteiger partial charge in [-0.25, -0.2) is 4.98 Å². The van der Waals surface area contributed by atoms with Crippen molar-refractivity contribution in [2.24, 2.45) is 0 Å². The summed E-state index contributed by atoms with van der Waals surface area (Å²) in [6, 6.07) is 7.02. The molecule has 1 saturated heterocycles. The number of fused-ring (bicyclic) bond motifs is 1. The number of carbonyl (C=O) groups is 2. The van der Waals surface area contributed by atoms with Crippen LogP contribution in [0.3, 0.4) is 0 Å². The molecule has 3 heterocycles. The maximum absolute atomic E-state index is 13.0. The molecule has 1 fully saturated rings. The van der Waals surface area contributed by atoms with Gasteiger partial charge in [-0.15, -0.1) is 11.3 Å². The van der Waals surface area contributed by atoms with Crippen LogP contribution < -0.4 is 20.9 Å². The van der Waals surface area contributed by atoms with Crippen LogP contribution in [0.15, 0.2) is 35.4 Å². The Labute approximate surface area is 188 Å². The third kappa shape index (κ3) is 4.51. The normalized spacial score (nSPS) is 15.6. The van der Waals surface area contributed by atoms with Crippen LogP contribution in [0, 0.1) is 6.92 Å². The van der Waals surface area contributed by atoms with Crippen LogP contribution in [0.2, 0.25) is 0 Å². The van der Waals surface area contributed by atoms with E-state index in [1.807, 2.05) is 0 Å². The smallest absolute Gasteiger partial charge is 0.262 e. The van der Waals surface area contributed by atoms with Gasteiger partial charge in [0, 0.05) is 13.2 Å². The number of thiophene rings is 1. The van der Waals surface area contributed by atoms with Crippen molar-refractivity contribution in [3.63, 3.8) is 0 Å². The standard InChI is InChI=1S/C22H24N4O5S/c1-13-18-21(32-19(13)20(28)23-10-14-6-5-9-31-14)24-12-26(22(18)29)11-17(27)25-15-7-3-4-8-16(15)30-2/h3-4,7-8,12,14H,5-6,9-11H2,1-2H3,(H,23,28)(H,25,27)/t14-/m0/s1. The van der Waals surface area contributed by atoms with Gasteiger partial charge in [0.05, 0.1) is 35.5 Å². The van der Waals surface area contributed by atoms with E-state index in [0.717, 1.165) is 19.4 Å². The molecule has 1 aromatic carbocycles. The van der Waals surface area contributed by atoms with Gasteiger partial charge in [-0.3, -0.25) is 19.0 Å². The number of hydrogen-bond donors (Lipinski definition) is 2. The Morgan fingerprint density at radius 2 is 2.16 bits per heavy atom. The Kier molecular flexibility index (Phi) is 6.52. The van der Waals surface area contributed by atoms with Gasteiger partial charge in [0.15, 0.2) is 0 Å². The molecule has 0 spiro atoms. The van der Waals surface area contributed by atoms with E-state index in [-0.39, 0.29) is 30.0 Å². The molecule has 2 N–H and O–H groups in total. The van der Waals surface area contributed by atoms with Gasteiger partial charge in [0.2, 0.25) is 5.91 Å². The summed E-state index contributed by atoms with van der Waals surface area (Å²) in [6.07, 6.45) is 3.28. The molecule has 0 bridgehead atoms. The zero-order valence-corrected chi connectivity index (χ0v) is 18.7. The topological polar surface area (TPSA) is 112 Å². The molecule has 4 rings (SSSR count). The van der Waals surface area contributed by atoms with E-state index in [0.29, 0.717) is 38.6 Å². The lowest BCUT2D eigenvalue weighted by molar-refractivity contribution is -0.116. The molecule has 0 radical (unpaired) electrons. The summed E-state index contributed by atoms with van der Waals surface area (Å²) in [5.41, 5.74) is 0.711. The van der Waals surface area contributed by atoms with Gasteiger partial charge in [-0.2, -0.15) is 0 Å². The lowest BCUT2D eigenvalue weighted by Gasteiger charge is -2.10. The first kappa shape index (κ1) is 22.0. The first-order valence-electron chi connectivity index (χ1n) is 10.3. The number of para-hydroxylation sites is 2. The molecule has 32 heavy (non-hydrogen) atoms. The van der Waals surface area contributed by atoms with Gasteiger partial charge in [-0.05, 0) is 37.5 Å². The number of aryl methyl sites for hydroxylation is 1. The van der Waals surface area contributed by atoms with Crippen molar-refractivity contribution < 1.29 is 19.1 Å². The van der Waals surface area contributed by atoms with Crippen molar-refractivity contribution >= 4 is 39.1 Å². The molecule has 10 heteroatoms. The summed E-state index contributed by atoms with van der Waals surface area (Å²) in [4.78, 5) is 43.4. The summed E-state index contributed by atoms with van der Waals surface area (Å²) in [5, 5.41) is 5.97. The lowest BCUT2D eigenvalue weighted by Crippen LogP contribution is -2.31. The molecule has 1 aliphatic rings. The molecule has 9 nitrogen and oxygen atoms in total. The average Bonchev–Trinajstić information content (AvgIpc) is 3.42. The number of aromatic nitrogens is 2. The SMILES string of the molecule is COc1ccccc1NC(=O)Cn1cnc2sc(C(=O)NC[C@@H]3CCCO3)c(C)c2c1=O. The average molecular weight is 457 g/mol. The van der Waals surface area contributed by atoms with E-state index in [9.17, 15) is 14.4 Å². The first-order chi connectivity index (χ1) is 15.5. The van der Waals surface area contributed by atoms with E-state index < -0.39 is 0 Å². The molecule has 1 atom stereocenters. The van der Waals surface area contributed by atoms with Gasteiger partial charge in [0.1, 0.15) is 17.1 Å². The zero-order valence-electron chi connectivity index (χ0n) is 17.8. The number of anilines is 1. The molecular formula is C22H24N4O5S. The Morgan fingerprint density at radius 1 is 1.34 bits per heavy atom. The fraction of sp³-hybridized carbons (Fsp3) is 0.364. The Hall–Kier alpha value is -3.24. The minimum atomic E-state index is -0.389. The third-order valence-corrected chi connectivity index (χ3v) is 6.53. The van der Waals surface area contributed by atoms with E-state index in [2.05, 4.69) is 15.6 Å². The number of hydrogen-bond acceptors (Lipinski definition) is 7. The third-order valence-electron chi connectivity index (χ3n) is 5.33. The molecule has 168 valence electrons. The van der Waals surface area contributed by atoms with Crippen molar-refractivity contribution in [3.8, 4) is 5.75 Å². The lowest BCUT2D eigenvalue weighted by atomic mass is 10.2. The van der Waals surface area contributed by atoms with E-state index in [1.165, 1.54) is 29.3 Å². The number of methoxy groups -OCH3 is 1. The second-order valence-corrected chi connectivity index (χ2v) is 8.51. The van der Waals surface area contributed by atoms with Gasteiger partial charge >= 0.3 is 0 Å². The van der Waals surface area contributed by atoms with E-state index in [1.54, 1.807) is 31.2 Å². The van der Waals surface area contributed by atoms with Crippen LogP contribution >= 0.6 is 11.3 Å².